The van der Waals surface area contributed by atoms with Gasteiger partial charge in [-0.15, -0.1) is 0 Å². The third-order valence-electron chi connectivity index (χ3n) is 2.61. The third kappa shape index (κ3) is 6.27. The Morgan fingerprint density at radius 3 is 2.63 bits per heavy atom. The molecule has 0 heterocycles. The predicted octanol–water partition coefficient (Wildman–Crippen LogP) is 2.78. The molecule has 0 aliphatic heterocycles. The molecule has 6 heteroatoms. The zero-order valence-electron chi connectivity index (χ0n) is 11.5. The van der Waals surface area contributed by atoms with Crippen molar-refractivity contribution in [2.45, 2.75) is 33.2 Å². The van der Waals surface area contributed by atoms with Crippen molar-refractivity contribution >= 4 is 27.3 Å². The van der Waals surface area contributed by atoms with E-state index in [4.69, 9.17) is 11.6 Å². The largest absolute Gasteiger partial charge is 0.314 e. The van der Waals surface area contributed by atoms with Gasteiger partial charge in [-0.1, -0.05) is 31.5 Å². The van der Waals surface area contributed by atoms with Gasteiger partial charge in [0, 0.05) is 11.1 Å². The molecule has 0 spiro atoms. The highest BCUT2D eigenvalue weighted by molar-refractivity contribution is 7.92. The van der Waals surface area contributed by atoms with Gasteiger partial charge >= 0.3 is 0 Å². The van der Waals surface area contributed by atoms with Crippen molar-refractivity contribution in [2.75, 3.05) is 17.0 Å². The molecule has 0 fully saturated rings. The lowest BCUT2D eigenvalue weighted by molar-refractivity contribution is 0.571. The summed E-state index contributed by atoms with van der Waals surface area (Å²) in [6.45, 7) is 6.59. The monoisotopic (exact) mass is 304 g/mol. The highest BCUT2D eigenvalue weighted by Gasteiger charge is 2.11. The van der Waals surface area contributed by atoms with E-state index in [0.717, 1.165) is 5.56 Å². The predicted molar refractivity (Wildman–Crippen MR) is 81.4 cm³/mol. The van der Waals surface area contributed by atoms with Crippen LogP contribution in [0.1, 0.15) is 25.8 Å². The first-order valence-corrected chi connectivity index (χ1v) is 8.33. The molecule has 0 radical (unpaired) electrons. The Kier molecular flexibility index (Phi) is 6.10. The summed E-state index contributed by atoms with van der Waals surface area (Å²) in [5.74, 6) is 0.0959. The molecular weight excluding hydrogens is 284 g/mol. The van der Waals surface area contributed by atoms with Gasteiger partial charge in [-0.05, 0) is 37.6 Å². The maximum Gasteiger partial charge on any atom is 0.232 e. The first-order chi connectivity index (χ1) is 8.80. The second-order valence-electron chi connectivity index (χ2n) is 4.84. The van der Waals surface area contributed by atoms with Crippen LogP contribution in [0.2, 0.25) is 5.02 Å². The van der Waals surface area contributed by atoms with Crippen molar-refractivity contribution in [3.63, 3.8) is 0 Å². The molecular formula is C13H21ClN2O2S. The van der Waals surface area contributed by atoms with Gasteiger partial charge in [0.1, 0.15) is 0 Å². The van der Waals surface area contributed by atoms with E-state index in [2.05, 4.69) is 10.0 Å². The molecule has 2 N–H and O–H groups in total. The van der Waals surface area contributed by atoms with E-state index in [0.29, 0.717) is 29.7 Å². The minimum Gasteiger partial charge on any atom is -0.314 e. The maximum atomic E-state index is 11.9. The molecule has 1 aromatic rings. The molecule has 0 aliphatic rings. The van der Waals surface area contributed by atoms with Gasteiger partial charge in [-0.3, -0.25) is 4.72 Å². The second kappa shape index (κ2) is 7.12. The van der Waals surface area contributed by atoms with Crippen LogP contribution in [0.15, 0.2) is 18.2 Å². The molecule has 0 saturated carbocycles. The first kappa shape index (κ1) is 16.3. The van der Waals surface area contributed by atoms with Gasteiger partial charge in [0.15, 0.2) is 0 Å². The number of nitrogens with one attached hydrogen (secondary N) is 2. The van der Waals surface area contributed by atoms with Gasteiger partial charge in [0.25, 0.3) is 0 Å². The highest BCUT2D eigenvalue weighted by atomic mass is 35.5. The number of sulfonamides is 1. The average molecular weight is 305 g/mol. The van der Waals surface area contributed by atoms with E-state index >= 15 is 0 Å². The molecule has 0 saturated heterocycles. The molecule has 1 aromatic carbocycles. The Bertz CT molecular complexity index is 515. The highest BCUT2D eigenvalue weighted by Crippen LogP contribution is 2.21. The Hall–Kier alpha value is -0.780. The summed E-state index contributed by atoms with van der Waals surface area (Å²) in [7, 11) is -3.32. The maximum absolute atomic E-state index is 11.9. The van der Waals surface area contributed by atoms with Crippen LogP contribution >= 0.6 is 11.6 Å². The summed E-state index contributed by atoms with van der Waals surface area (Å²) < 4.78 is 26.4. The van der Waals surface area contributed by atoms with Gasteiger partial charge in [-0.25, -0.2) is 8.42 Å². The Morgan fingerprint density at radius 1 is 1.32 bits per heavy atom. The number of benzene rings is 1. The van der Waals surface area contributed by atoms with Crippen molar-refractivity contribution in [3.8, 4) is 0 Å². The van der Waals surface area contributed by atoms with Crippen LogP contribution in [0, 0.1) is 6.92 Å². The summed E-state index contributed by atoms with van der Waals surface area (Å²) in [6, 6.07) is 5.52. The molecule has 0 atom stereocenters. The van der Waals surface area contributed by atoms with Crippen molar-refractivity contribution in [2.24, 2.45) is 0 Å². The zero-order valence-corrected chi connectivity index (χ0v) is 13.1. The Morgan fingerprint density at radius 2 is 2.00 bits per heavy atom. The number of aryl methyl sites for hydroxylation is 1. The molecule has 0 amide bonds. The summed E-state index contributed by atoms with van der Waals surface area (Å²) >= 11 is 5.86. The number of rotatable bonds is 7. The Labute approximate surface area is 120 Å². The standard InChI is InChI=1S/C13H21ClN2O2S/c1-10(2)15-7-4-8-19(17,18)16-13-9-12(14)6-5-11(13)3/h5-6,9-10,15-16H,4,7-8H2,1-3H3. The molecule has 1 rings (SSSR count). The van der Waals surface area contributed by atoms with Crippen molar-refractivity contribution in [1.82, 2.24) is 5.32 Å². The number of hydrogen-bond donors (Lipinski definition) is 2. The lowest BCUT2D eigenvalue weighted by atomic mass is 10.2. The van der Waals surface area contributed by atoms with E-state index in [-0.39, 0.29) is 5.75 Å². The molecule has 0 aliphatic carbocycles. The molecule has 0 unspecified atom stereocenters. The second-order valence-corrected chi connectivity index (χ2v) is 7.12. The van der Waals surface area contributed by atoms with E-state index < -0.39 is 10.0 Å². The fourth-order valence-corrected chi connectivity index (χ4v) is 2.93. The SMILES string of the molecule is Cc1ccc(Cl)cc1NS(=O)(=O)CCCNC(C)C. The molecule has 0 bridgehead atoms. The van der Waals surface area contributed by atoms with Crippen molar-refractivity contribution in [1.29, 1.82) is 0 Å². The topological polar surface area (TPSA) is 58.2 Å². The van der Waals surface area contributed by atoms with E-state index in [1.807, 2.05) is 20.8 Å². The minimum atomic E-state index is -3.32. The lowest BCUT2D eigenvalue weighted by Crippen LogP contribution is -2.26. The molecule has 4 nitrogen and oxygen atoms in total. The summed E-state index contributed by atoms with van der Waals surface area (Å²) in [6.07, 6.45) is 0.577. The van der Waals surface area contributed by atoms with Crippen LogP contribution in [0.3, 0.4) is 0 Å². The number of halogens is 1. The Balaban J connectivity index is 2.57. The van der Waals surface area contributed by atoms with Crippen LogP contribution in [-0.2, 0) is 10.0 Å². The minimum absolute atomic E-state index is 0.0959. The normalized spacial score (nSPS) is 11.8. The van der Waals surface area contributed by atoms with Gasteiger partial charge in [0.2, 0.25) is 10.0 Å². The lowest BCUT2D eigenvalue weighted by Gasteiger charge is -2.12. The fraction of sp³-hybridized carbons (Fsp3) is 0.538. The molecule has 108 valence electrons. The van der Waals surface area contributed by atoms with Crippen LogP contribution in [0.25, 0.3) is 0 Å². The molecule has 0 aromatic heterocycles. The third-order valence-corrected chi connectivity index (χ3v) is 4.20. The van der Waals surface area contributed by atoms with Crippen LogP contribution in [-0.4, -0.2) is 26.8 Å². The molecule has 19 heavy (non-hydrogen) atoms. The smallest absolute Gasteiger partial charge is 0.232 e. The van der Waals surface area contributed by atoms with Gasteiger partial charge < -0.3 is 5.32 Å². The van der Waals surface area contributed by atoms with Crippen molar-refractivity contribution in [3.05, 3.63) is 28.8 Å². The number of anilines is 1. The first-order valence-electron chi connectivity index (χ1n) is 6.30. The number of hydrogen-bond acceptors (Lipinski definition) is 3. The fourth-order valence-electron chi connectivity index (χ4n) is 1.58. The van der Waals surface area contributed by atoms with E-state index in [9.17, 15) is 8.42 Å². The van der Waals surface area contributed by atoms with Gasteiger partial charge in [0.05, 0.1) is 11.4 Å². The van der Waals surface area contributed by atoms with Gasteiger partial charge in [-0.2, -0.15) is 0 Å². The van der Waals surface area contributed by atoms with E-state index in [1.165, 1.54) is 0 Å². The van der Waals surface area contributed by atoms with E-state index in [1.54, 1.807) is 18.2 Å². The quantitative estimate of drug-likeness (QED) is 0.762. The summed E-state index contributed by atoms with van der Waals surface area (Å²) in [5, 5.41) is 3.71. The van der Waals surface area contributed by atoms with Crippen LogP contribution < -0.4 is 10.0 Å². The average Bonchev–Trinajstić information content (AvgIpc) is 2.29. The summed E-state index contributed by atoms with van der Waals surface area (Å²) in [4.78, 5) is 0. The van der Waals surface area contributed by atoms with Crippen molar-refractivity contribution < 1.29 is 8.42 Å². The van der Waals surface area contributed by atoms with Crippen LogP contribution in [0.5, 0.6) is 0 Å². The summed E-state index contributed by atoms with van der Waals surface area (Å²) in [5.41, 5.74) is 1.40. The zero-order chi connectivity index (χ0) is 14.5. The van der Waals surface area contributed by atoms with Crippen LogP contribution in [0.4, 0.5) is 5.69 Å².